The van der Waals surface area contributed by atoms with Crippen LogP contribution in [0, 0.1) is 0 Å². The van der Waals surface area contributed by atoms with Crippen LogP contribution in [0.1, 0.15) is 48.8 Å². The summed E-state index contributed by atoms with van der Waals surface area (Å²) in [6.07, 6.45) is 6.51. The maximum atomic E-state index is 6.18. The van der Waals surface area contributed by atoms with Gasteiger partial charge < -0.3 is 25.2 Å². The van der Waals surface area contributed by atoms with Crippen molar-refractivity contribution in [3.63, 3.8) is 0 Å². The zero-order chi connectivity index (χ0) is 27.4. The van der Waals surface area contributed by atoms with E-state index in [1.54, 1.807) is 0 Å². The molecule has 0 unspecified atom stereocenters. The molecule has 2 N–H and O–H groups in total. The molecular weight excluding hydrogens is 540 g/mol. The molecule has 0 saturated carbocycles. The highest BCUT2D eigenvalue weighted by molar-refractivity contribution is 7.80. The van der Waals surface area contributed by atoms with E-state index in [0.29, 0.717) is 17.6 Å². The van der Waals surface area contributed by atoms with E-state index in [4.69, 9.17) is 38.5 Å². The number of hydrogen-bond acceptors (Lipinski definition) is 6. The smallest absolute Gasteiger partial charge is 0.232 e. The zero-order valence-corrected chi connectivity index (χ0v) is 24.4. The van der Waals surface area contributed by atoms with Crippen LogP contribution in [-0.4, -0.2) is 54.5 Å². The molecule has 40 heavy (non-hydrogen) atoms. The van der Waals surface area contributed by atoms with Gasteiger partial charge >= 0.3 is 0 Å². The van der Waals surface area contributed by atoms with E-state index in [0.717, 1.165) is 75.3 Å². The van der Waals surface area contributed by atoms with Gasteiger partial charge in [-0.1, -0.05) is 48.0 Å². The number of rotatable bonds is 6. The van der Waals surface area contributed by atoms with E-state index in [2.05, 4.69) is 62.9 Å². The number of anilines is 3. The summed E-state index contributed by atoms with van der Waals surface area (Å²) in [6, 6.07) is 19.0. The third-order valence-electron chi connectivity index (χ3n) is 8.55. The summed E-state index contributed by atoms with van der Waals surface area (Å²) in [5.74, 6) is 2.45. The maximum Gasteiger partial charge on any atom is 0.232 e. The lowest BCUT2D eigenvalue weighted by atomic mass is 9.74. The van der Waals surface area contributed by atoms with Crippen LogP contribution >= 0.6 is 23.8 Å². The molecule has 7 nitrogen and oxygen atoms in total. The molecule has 0 amide bonds. The van der Waals surface area contributed by atoms with Crippen LogP contribution in [0.2, 0.25) is 5.02 Å². The van der Waals surface area contributed by atoms with E-state index < -0.39 is 0 Å². The molecule has 0 aliphatic carbocycles. The van der Waals surface area contributed by atoms with Crippen LogP contribution in [-0.2, 0) is 23.1 Å². The Morgan fingerprint density at radius 1 is 0.900 bits per heavy atom. The SMILES string of the molecule is S=C(NCC1(c2ccc(Cl)cc2)CCOCC1)Nc1nc(N2CCCCC2)cc(N2CCc3ccccc3C2)n1. The van der Waals surface area contributed by atoms with Crippen LogP contribution < -0.4 is 20.4 Å². The minimum atomic E-state index is -0.0720. The van der Waals surface area contributed by atoms with E-state index in [9.17, 15) is 0 Å². The lowest BCUT2D eigenvalue weighted by Crippen LogP contribution is -2.45. The molecule has 3 aliphatic heterocycles. The van der Waals surface area contributed by atoms with Gasteiger partial charge in [0.2, 0.25) is 5.95 Å². The standard InChI is InChI=1S/C31H37ClN6OS/c32-26-10-8-25(9-11-26)31(13-18-39-19-14-31)22-33-30(40)36-29-34-27(37-15-4-1-5-16-37)20-28(35-29)38-17-12-23-6-2-3-7-24(23)21-38/h2-3,6-11,20H,1,4-5,12-19,21-22H2,(H2,33,34,35,36,40). The number of fused-ring (bicyclic) bond motifs is 1. The molecule has 0 spiro atoms. The molecule has 2 aromatic carbocycles. The van der Waals surface area contributed by atoms with Gasteiger partial charge in [-0.25, -0.2) is 0 Å². The summed E-state index contributed by atoms with van der Waals surface area (Å²) in [4.78, 5) is 14.6. The lowest BCUT2D eigenvalue weighted by molar-refractivity contribution is 0.0515. The van der Waals surface area contributed by atoms with Gasteiger partial charge in [-0.05, 0) is 79.6 Å². The molecule has 3 aliphatic rings. The summed E-state index contributed by atoms with van der Waals surface area (Å²) in [5.41, 5.74) is 3.97. The molecular formula is C31H37ClN6OS. The fourth-order valence-electron chi connectivity index (χ4n) is 6.14. The molecule has 9 heteroatoms. The molecule has 4 heterocycles. The number of halogens is 1. The first-order valence-electron chi connectivity index (χ1n) is 14.4. The number of ether oxygens (including phenoxy) is 1. The van der Waals surface area contributed by atoms with Gasteiger partial charge in [0.25, 0.3) is 0 Å². The van der Waals surface area contributed by atoms with Gasteiger partial charge in [-0.2, -0.15) is 9.97 Å². The van der Waals surface area contributed by atoms with Crippen LogP contribution in [0.15, 0.2) is 54.6 Å². The first-order valence-corrected chi connectivity index (χ1v) is 15.2. The van der Waals surface area contributed by atoms with Gasteiger partial charge in [-0.3, -0.25) is 0 Å². The lowest BCUT2D eigenvalue weighted by Gasteiger charge is -2.38. The Hall–Kier alpha value is -2.94. The van der Waals surface area contributed by atoms with Crippen molar-refractivity contribution < 1.29 is 4.74 Å². The van der Waals surface area contributed by atoms with Crippen molar-refractivity contribution in [3.8, 4) is 0 Å². The third kappa shape index (κ3) is 6.19. The third-order valence-corrected chi connectivity index (χ3v) is 9.05. The van der Waals surface area contributed by atoms with Crippen molar-refractivity contribution in [3.05, 3.63) is 76.3 Å². The normalized spacial score (nSPS) is 18.6. The van der Waals surface area contributed by atoms with E-state index >= 15 is 0 Å². The molecule has 0 radical (unpaired) electrons. The van der Waals surface area contributed by atoms with E-state index in [-0.39, 0.29) is 5.41 Å². The second-order valence-corrected chi connectivity index (χ2v) is 11.9. The molecule has 3 aromatic rings. The Morgan fingerprint density at radius 3 is 2.35 bits per heavy atom. The second kappa shape index (κ2) is 12.3. The van der Waals surface area contributed by atoms with Crippen LogP contribution in [0.25, 0.3) is 0 Å². The molecule has 1 aromatic heterocycles. The van der Waals surface area contributed by atoms with Crippen molar-refractivity contribution in [2.75, 3.05) is 54.5 Å². The first-order chi connectivity index (χ1) is 19.6. The number of nitrogens with one attached hydrogen (secondary N) is 2. The van der Waals surface area contributed by atoms with E-state index in [1.165, 1.54) is 36.0 Å². The quantitative estimate of drug-likeness (QED) is 0.361. The Morgan fingerprint density at radius 2 is 1.60 bits per heavy atom. The summed E-state index contributed by atoms with van der Waals surface area (Å²) >= 11 is 12.0. The molecule has 0 atom stereocenters. The van der Waals surface area contributed by atoms with Crippen molar-refractivity contribution in [2.45, 2.75) is 50.5 Å². The van der Waals surface area contributed by atoms with Crippen molar-refractivity contribution in [1.29, 1.82) is 0 Å². The fraction of sp³-hybridized carbons (Fsp3) is 0.452. The average Bonchev–Trinajstić information content (AvgIpc) is 3.01. The Kier molecular flexibility index (Phi) is 8.37. The number of benzene rings is 2. The number of nitrogens with zero attached hydrogens (tertiary/aromatic N) is 4. The molecule has 2 fully saturated rings. The van der Waals surface area contributed by atoms with Crippen molar-refractivity contribution in [2.24, 2.45) is 0 Å². The predicted molar refractivity (Wildman–Crippen MR) is 167 cm³/mol. The zero-order valence-electron chi connectivity index (χ0n) is 22.9. The molecule has 6 rings (SSSR count). The monoisotopic (exact) mass is 576 g/mol. The summed E-state index contributed by atoms with van der Waals surface area (Å²) < 4.78 is 5.70. The minimum absolute atomic E-state index is 0.0720. The summed E-state index contributed by atoms with van der Waals surface area (Å²) in [5, 5.41) is 8.10. The second-order valence-electron chi connectivity index (χ2n) is 11.1. The van der Waals surface area contributed by atoms with Crippen molar-refractivity contribution >= 4 is 46.5 Å². The molecule has 0 bridgehead atoms. The highest BCUT2D eigenvalue weighted by Crippen LogP contribution is 2.35. The number of aromatic nitrogens is 2. The fourth-order valence-corrected chi connectivity index (χ4v) is 6.43. The van der Waals surface area contributed by atoms with Crippen molar-refractivity contribution in [1.82, 2.24) is 15.3 Å². The maximum absolute atomic E-state index is 6.18. The van der Waals surface area contributed by atoms with Gasteiger partial charge in [0.1, 0.15) is 11.6 Å². The highest BCUT2D eigenvalue weighted by Gasteiger charge is 2.34. The highest BCUT2D eigenvalue weighted by atomic mass is 35.5. The Bertz CT molecular complexity index is 1320. The van der Waals surface area contributed by atoms with E-state index in [1.807, 2.05) is 12.1 Å². The van der Waals surface area contributed by atoms with Gasteiger partial charge in [0.05, 0.1) is 0 Å². The van der Waals surface area contributed by atoms with Gasteiger partial charge in [0.15, 0.2) is 5.11 Å². The number of thiocarbonyl (C=S) groups is 1. The first kappa shape index (κ1) is 27.2. The minimum Gasteiger partial charge on any atom is -0.381 e. The van der Waals surface area contributed by atoms with Crippen LogP contribution in [0.4, 0.5) is 17.6 Å². The Balaban J connectivity index is 1.20. The Labute approximate surface area is 247 Å². The van der Waals surface area contributed by atoms with Gasteiger partial charge in [-0.15, -0.1) is 0 Å². The summed E-state index contributed by atoms with van der Waals surface area (Å²) in [7, 11) is 0. The average molecular weight is 577 g/mol. The largest absolute Gasteiger partial charge is 0.381 e. The number of piperidine rings is 1. The van der Waals surface area contributed by atoms with Gasteiger partial charge in [0, 0.05) is 62.4 Å². The molecule has 2 saturated heterocycles. The molecule has 210 valence electrons. The number of hydrogen-bond donors (Lipinski definition) is 2. The summed E-state index contributed by atoms with van der Waals surface area (Å²) in [6.45, 7) is 5.98. The topological polar surface area (TPSA) is 65.6 Å². The van der Waals surface area contributed by atoms with Crippen LogP contribution in [0.5, 0.6) is 0 Å². The van der Waals surface area contributed by atoms with Crippen LogP contribution in [0.3, 0.4) is 0 Å². The predicted octanol–water partition coefficient (Wildman–Crippen LogP) is 5.72.